The number of benzene rings is 2. The summed E-state index contributed by atoms with van der Waals surface area (Å²) in [7, 11) is 1.49. The summed E-state index contributed by atoms with van der Waals surface area (Å²) in [6.45, 7) is -0.258. The maximum atomic E-state index is 12.7. The lowest BCUT2D eigenvalue weighted by Crippen LogP contribution is -2.64. The van der Waals surface area contributed by atoms with Crippen LogP contribution in [0.1, 0.15) is 5.56 Å². The first-order chi connectivity index (χ1) is 17.6. The molecule has 0 spiro atoms. The largest absolute Gasteiger partial charge is 0.489 e. The van der Waals surface area contributed by atoms with Gasteiger partial charge in [0.1, 0.15) is 18.5 Å². The van der Waals surface area contributed by atoms with Crippen molar-refractivity contribution in [1.29, 1.82) is 0 Å². The molecule has 2 aromatic rings. The highest BCUT2D eigenvalue weighted by molar-refractivity contribution is 6.35. The van der Waals surface area contributed by atoms with Crippen molar-refractivity contribution >= 4 is 53.0 Å². The summed E-state index contributed by atoms with van der Waals surface area (Å²) >= 11 is 12.0. The van der Waals surface area contributed by atoms with Gasteiger partial charge in [-0.1, -0.05) is 23.2 Å². The first kappa shape index (κ1) is 26.1. The third-order valence-electron chi connectivity index (χ3n) is 5.58. The number of urea groups is 1. The van der Waals surface area contributed by atoms with Crippen molar-refractivity contribution in [2.45, 2.75) is 18.3 Å². The number of carbonyl (C=O) groups excluding carboxylic acids is 2. The SMILES string of the molecule is CN1C(=O)NC(=O)C2C1N=C(NN=Cc1ccc([N+](=O)[O-])cc1)N2CC(O)COc1ccc(Cl)cc1Cl. The number of nitrogens with zero attached hydrogens (tertiary/aromatic N) is 5. The van der Waals surface area contributed by atoms with Gasteiger partial charge in [0.15, 0.2) is 12.2 Å². The number of hydrogen-bond acceptors (Lipinski definition) is 10. The minimum Gasteiger partial charge on any atom is -0.489 e. The van der Waals surface area contributed by atoms with Gasteiger partial charge in [-0.15, -0.1) is 0 Å². The third-order valence-corrected chi connectivity index (χ3v) is 6.11. The Morgan fingerprint density at radius 2 is 2.03 bits per heavy atom. The number of β-amino-alcohol motifs (C(OH)–C–C–N with tert-alkyl or cyclic N) is 1. The van der Waals surface area contributed by atoms with E-state index < -0.39 is 35.2 Å². The fourth-order valence-electron chi connectivity index (χ4n) is 3.72. The minimum atomic E-state index is -1.09. The summed E-state index contributed by atoms with van der Waals surface area (Å²) < 4.78 is 5.60. The molecule has 0 aliphatic carbocycles. The van der Waals surface area contributed by atoms with Crippen LogP contribution >= 0.6 is 23.2 Å². The van der Waals surface area contributed by atoms with Crippen LogP contribution in [0.15, 0.2) is 52.6 Å². The van der Waals surface area contributed by atoms with Crippen molar-refractivity contribution in [2.75, 3.05) is 20.2 Å². The number of nitro groups is 1. The van der Waals surface area contributed by atoms with Gasteiger partial charge in [-0.05, 0) is 35.9 Å². The Kier molecular flexibility index (Phi) is 7.76. The zero-order valence-electron chi connectivity index (χ0n) is 19.2. The van der Waals surface area contributed by atoms with Gasteiger partial charge in [-0.2, -0.15) is 5.10 Å². The molecule has 37 heavy (non-hydrogen) atoms. The number of fused-ring (bicyclic) bond motifs is 1. The van der Waals surface area contributed by atoms with Gasteiger partial charge in [-0.3, -0.25) is 20.2 Å². The summed E-state index contributed by atoms with van der Waals surface area (Å²) in [6, 6.07) is 8.84. The molecule has 2 aliphatic rings. The Labute approximate surface area is 220 Å². The second-order valence-corrected chi connectivity index (χ2v) is 8.97. The topological polar surface area (TPSA) is 162 Å². The van der Waals surface area contributed by atoms with Crippen LogP contribution in [-0.2, 0) is 4.79 Å². The number of nitrogens with one attached hydrogen (secondary N) is 2. The average molecular weight is 550 g/mol. The van der Waals surface area contributed by atoms with Crippen molar-refractivity contribution in [3.05, 3.63) is 68.2 Å². The molecule has 2 aliphatic heterocycles. The molecule has 1 saturated heterocycles. The zero-order valence-corrected chi connectivity index (χ0v) is 20.8. The number of nitro benzene ring substituents is 1. The predicted octanol–water partition coefficient (Wildman–Crippen LogP) is 1.81. The number of hydrazone groups is 1. The summed E-state index contributed by atoms with van der Waals surface area (Å²) in [5, 5.41) is 28.6. The molecular formula is C22H21Cl2N7O6. The number of halogens is 2. The molecular weight excluding hydrogens is 529 g/mol. The quantitative estimate of drug-likeness (QED) is 0.255. The van der Waals surface area contributed by atoms with E-state index in [-0.39, 0.29) is 29.8 Å². The maximum Gasteiger partial charge on any atom is 0.325 e. The number of imide groups is 1. The number of aliphatic hydroxyl groups excluding tert-OH is 1. The van der Waals surface area contributed by atoms with Crippen molar-refractivity contribution in [1.82, 2.24) is 20.5 Å². The lowest BCUT2D eigenvalue weighted by atomic mass is 10.1. The molecule has 15 heteroatoms. The average Bonchev–Trinajstić information content (AvgIpc) is 3.21. The molecule has 0 saturated carbocycles. The molecule has 3 amide bonds. The molecule has 194 valence electrons. The van der Waals surface area contributed by atoms with Crippen LogP contribution in [-0.4, -0.2) is 82.5 Å². The van der Waals surface area contributed by atoms with Crippen LogP contribution in [0.25, 0.3) is 0 Å². The Bertz CT molecular complexity index is 1270. The number of aliphatic hydroxyl groups is 1. The van der Waals surface area contributed by atoms with Crippen LogP contribution in [0.5, 0.6) is 5.75 Å². The van der Waals surface area contributed by atoms with Crippen molar-refractivity contribution in [3.8, 4) is 5.75 Å². The number of guanidine groups is 1. The van der Waals surface area contributed by atoms with Gasteiger partial charge in [0, 0.05) is 24.2 Å². The second kappa shape index (κ2) is 11.0. The maximum absolute atomic E-state index is 12.7. The third kappa shape index (κ3) is 5.90. The van der Waals surface area contributed by atoms with E-state index in [1.165, 1.54) is 53.4 Å². The van der Waals surface area contributed by atoms with E-state index in [2.05, 4.69) is 20.8 Å². The highest BCUT2D eigenvalue weighted by Crippen LogP contribution is 2.28. The molecule has 13 nitrogen and oxygen atoms in total. The first-order valence-corrected chi connectivity index (χ1v) is 11.6. The summed E-state index contributed by atoms with van der Waals surface area (Å²) in [4.78, 5) is 42.2. The lowest BCUT2D eigenvalue weighted by molar-refractivity contribution is -0.384. The number of non-ortho nitro benzene ring substituents is 1. The number of hydrogen-bond donors (Lipinski definition) is 3. The van der Waals surface area contributed by atoms with Crippen molar-refractivity contribution in [3.63, 3.8) is 0 Å². The van der Waals surface area contributed by atoms with Crippen molar-refractivity contribution in [2.24, 2.45) is 10.1 Å². The predicted molar refractivity (Wildman–Crippen MR) is 135 cm³/mol. The molecule has 0 bridgehead atoms. The summed E-state index contributed by atoms with van der Waals surface area (Å²) in [6.07, 6.45) is -0.535. The Balaban J connectivity index is 1.48. The fraction of sp³-hybridized carbons (Fsp3) is 0.273. The Morgan fingerprint density at radius 1 is 1.30 bits per heavy atom. The normalized spacial score (nSPS) is 19.9. The van der Waals surface area contributed by atoms with Crippen LogP contribution in [0.2, 0.25) is 10.0 Å². The molecule has 3 N–H and O–H groups in total. The fourth-order valence-corrected chi connectivity index (χ4v) is 4.19. The molecule has 3 atom stereocenters. The number of aliphatic imine (C=N–C) groups is 1. The Hall–Kier alpha value is -3.94. The summed E-state index contributed by atoms with van der Waals surface area (Å²) in [5.41, 5.74) is 3.24. The standard InChI is InChI=1S/C22H21Cl2N7O6/c1-29-19-18(20(33)27-22(29)34)30(10-15(32)11-37-17-7-4-13(23)8-16(17)24)21(26-19)28-25-9-12-2-5-14(6-3-12)31(35)36/h2-9,15,18-19,32H,10-11H2,1H3,(H,26,28)(H,27,33,34). The molecule has 2 heterocycles. The monoisotopic (exact) mass is 549 g/mol. The van der Waals surface area contributed by atoms with E-state index in [1.54, 1.807) is 12.1 Å². The molecule has 3 unspecified atom stereocenters. The smallest absolute Gasteiger partial charge is 0.325 e. The van der Waals surface area contributed by atoms with Gasteiger partial charge < -0.3 is 19.6 Å². The van der Waals surface area contributed by atoms with Crippen LogP contribution in [0.4, 0.5) is 10.5 Å². The van der Waals surface area contributed by atoms with Crippen LogP contribution in [0.3, 0.4) is 0 Å². The molecule has 0 aromatic heterocycles. The van der Waals surface area contributed by atoms with Crippen LogP contribution in [0, 0.1) is 10.1 Å². The van der Waals surface area contributed by atoms with Gasteiger partial charge >= 0.3 is 6.03 Å². The highest BCUT2D eigenvalue weighted by Gasteiger charge is 2.49. The molecule has 0 radical (unpaired) electrons. The van der Waals surface area contributed by atoms with E-state index in [4.69, 9.17) is 27.9 Å². The number of rotatable bonds is 8. The number of likely N-dealkylation sites (N-methyl/N-ethyl adjacent to an activating group) is 1. The van der Waals surface area contributed by atoms with Crippen LogP contribution < -0.4 is 15.5 Å². The number of amides is 3. The first-order valence-electron chi connectivity index (χ1n) is 10.9. The molecule has 1 fully saturated rings. The van der Waals surface area contributed by atoms with E-state index in [0.717, 1.165) is 0 Å². The zero-order chi connectivity index (χ0) is 26.7. The Morgan fingerprint density at radius 3 is 2.70 bits per heavy atom. The van der Waals surface area contributed by atoms with E-state index in [9.17, 15) is 24.8 Å². The minimum absolute atomic E-state index is 0.0599. The summed E-state index contributed by atoms with van der Waals surface area (Å²) in [5.74, 6) is -0.125. The van der Waals surface area contributed by atoms with Gasteiger partial charge in [-0.25, -0.2) is 15.2 Å². The van der Waals surface area contributed by atoms with Gasteiger partial charge in [0.2, 0.25) is 5.96 Å². The number of ether oxygens (including phenoxy) is 1. The molecule has 2 aromatic carbocycles. The molecule has 4 rings (SSSR count). The van der Waals surface area contributed by atoms with Gasteiger partial charge in [0.25, 0.3) is 11.6 Å². The second-order valence-electron chi connectivity index (χ2n) is 8.13. The van der Waals surface area contributed by atoms with Crippen molar-refractivity contribution < 1.29 is 24.4 Å². The van der Waals surface area contributed by atoms with E-state index in [0.29, 0.717) is 16.3 Å². The number of carbonyl (C=O) groups is 2. The van der Waals surface area contributed by atoms with E-state index in [1.807, 2.05) is 0 Å². The van der Waals surface area contributed by atoms with E-state index >= 15 is 0 Å². The lowest BCUT2D eigenvalue weighted by Gasteiger charge is -2.36. The van der Waals surface area contributed by atoms with Gasteiger partial charge in [0.05, 0.1) is 22.7 Å². The highest BCUT2D eigenvalue weighted by atomic mass is 35.5.